The van der Waals surface area contributed by atoms with Gasteiger partial charge in [0.15, 0.2) is 15.0 Å². The third-order valence-electron chi connectivity index (χ3n) is 4.45. The van der Waals surface area contributed by atoms with E-state index in [0.29, 0.717) is 15.6 Å². The fourth-order valence-corrected chi connectivity index (χ4v) is 6.00. The monoisotopic (exact) mass is 454 g/mol. The van der Waals surface area contributed by atoms with Crippen LogP contribution in [0.4, 0.5) is 5.13 Å². The summed E-state index contributed by atoms with van der Waals surface area (Å²) in [7, 11) is -3.60. The molecule has 8 heteroatoms. The number of anilines is 1. The van der Waals surface area contributed by atoms with Crippen LogP contribution in [0.25, 0.3) is 10.4 Å². The van der Waals surface area contributed by atoms with Gasteiger partial charge in [-0.25, -0.2) is 13.4 Å². The second-order valence-corrected chi connectivity index (χ2v) is 10.6. The van der Waals surface area contributed by atoms with Crippen LogP contribution in [0.15, 0.2) is 77.1 Å². The summed E-state index contributed by atoms with van der Waals surface area (Å²) >= 11 is 2.59. The van der Waals surface area contributed by atoms with Crippen molar-refractivity contribution in [2.75, 3.05) is 5.32 Å². The highest BCUT2D eigenvalue weighted by molar-refractivity contribution is 7.90. The maximum absolute atomic E-state index is 13.0. The maximum Gasteiger partial charge on any atom is 0.267 e. The Labute approximate surface area is 183 Å². The van der Waals surface area contributed by atoms with Gasteiger partial charge in [0.1, 0.15) is 0 Å². The van der Waals surface area contributed by atoms with Crippen molar-refractivity contribution in [2.45, 2.75) is 17.6 Å². The summed E-state index contributed by atoms with van der Waals surface area (Å²) in [4.78, 5) is 18.5. The second-order valence-electron chi connectivity index (χ2n) is 6.69. The Hall–Kier alpha value is -2.81. The number of amides is 1. The second kappa shape index (κ2) is 8.51. The molecule has 0 aliphatic carbocycles. The van der Waals surface area contributed by atoms with Crippen LogP contribution in [0.2, 0.25) is 0 Å². The fourth-order valence-electron chi connectivity index (χ4n) is 2.95. The van der Waals surface area contributed by atoms with Gasteiger partial charge >= 0.3 is 0 Å². The number of thiazole rings is 1. The van der Waals surface area contributed by atoms with Crippen LogP contribution in [-0.4, -0.2) is 19.3 Å². The number of carbonyl (C=O) groups is 1. The van der Waals surface area contributed by atoms with Crippen molar-refractivity contribution in [3.63, 3.8) is 0 Å². The molecule has 0 atom stereocenters. The van der Waals surface area contributed by atoms with Crippen molar-refractivity contribution in [1.82, 2.24) is 4.98 Å². The summed E-state index contributed by atoms with van der Waals surface area (Å²) in [5.41, 5.74) is 2.40. The molecule has 1 amide bonds. The van der Waals surface area contributed by atoms with Crippen molar-refractivity contribution >= 4 is 43.5 Å². The minimum Gasteiger partial charge on any atom is -0.297 e. The number of nitrogens with zero attached hydrogens (tertiary/aromatic N) is 1. The van der Waals surface area contributed by atoms with E-state index < -0.39 is 9.84 Å². The number of aryl methyl sites for hydroxylation is 1. The molecule has 0 aliphatic rings. The molecule has 152 valence electrons. The van der Waals surface area contributed by atoms with Gasteiger partial charge in [-0.1, -0.05) is 48.0 Å². The largest absolute Gasteiger partial charge is 0.297 e. The summed E-state index contributed by atoms with van der Waals surface area (Å²) in [6.07, 6.45) is 1.60. The molecular formula is C22H18N2O3S3. The first-order valence-electron chi connectivity index (χ1n) is 9.11. The Morgan fingerprint density at radius 2 is 1.80 bits per heavy atom. The Kier molecular flexibility index (Phi) is 5.80. The molecule has 0 aliphatic heterocycles. The molecule has 0 spiro atoms. The molecule has 0 saturated carbocycles. The molecule has 2 aromatic carbocycles. The first-order chi connectivity index (χ1) is 14.4. The third kappa shape index (κ3) is 4.51. The third-order valence-corrected chi connectivity index (χ3v) is 8.05. The van der Waals surface area contributed by atoms with Crippen LogP contribution in [0.1, 0.15) is 20.8 Å². The zero-order valence-corrected chi connectivity index (χ0v) is 18.5. The highest BCUT2D eigenvalue weighted by Gasteiger charge is 2.24. The molecule has 30 heavy (non-hydrogen) atoms. The number of benzene rings is 2. The molecule has 0 radical (unpaired) electrons. The summed E-state index contributed by atoms with van der Waals surface area (Å²) in [5, 5.41) is 5.00. The van der Waals surface area contributed by atoms with Crippen LogP contribution < -0.4 is 5.32 Å². The Morgan fingerprint density at radius 1 is 1.07 bits per heavy atom. The summed E-state index contributed by atoms with van der Waals surface area (Å²) < 4.78 is 26.0. The normalized spacial score (nSPS) is 11.4. The van der Waals surface area contributed by atoms with E-state index in [0.717, 1.165) is 16.0 Å². The molecule has 5 nitrogen and oxygen atoms in total. The number of hydrogen-bond donors (Lipinski definition) is 1. The smallest absolute Gasteiger partial charge is 0.267 e. The molecular weight excluding hydrogens is 436 g/mol. The maximum atomic E-state index is 13.0. The number of nitrogens with one attached hydrogen (secondary N) is 1. The average Bonchev–Trinajstić information content (AvgIpc) is 3.39. The predicted molar refractivity (Wildman–Crippen MR) is 122 cm³/mol. The molecule has 4 rings (SSSR count). The minimum absolute atomic E-state index is 0.242. The predicted octanol–water partition coefficient (Wildman–Crippen LogP) is 5.41. The van der Waals surface area contributed by atoms with Gasteiger partial charge in [-0.3, -0.25) is 10.1 Å². The number of thiophene rings is 1. The van der Waals surface area contributed by atoms with E-state index in [1.807, 2.05) is 37.3 Å². The highest BCUT2D eigenvalue weighted by atomic mass is 32.2. The van der Waals surface area contributed by atoms with Crippen LogP contribution >= 0.6 is 22.7 Å². The van der Waals surface area contributed by atoms with Crippen LogP contribution in [0, 0.1) is 6.92 Å². The van der Waals surface area contributed by atoms with Gasteiger partial charge in [0.2, 0.25) is 0 Å². The number of carbonyl (C=O) groups excluding carboxylic acids is 1. The topological polar surface area (TPSA) is 76.1 Å². The molecule has 2 aromatic heterocycles. The average molecular weight is 455 g/mol. The van der Waals surface area contributed by atoms with E-state index in [1.165, 1.54) is 22.7 Å². The van der Waals surface area contributed by atoms with E-state index >= 15 is 0 Å². The molecule has 0 bridgehead atoms. The lowest BCUT2D eigenvalue weighted by molar-refractivity contribution is 0.103. The van der Waals surface area contributed by atoms with Crippen molar-refractivity contribution in [2.24, 2.45) is 0 Å². The Bertz CT molecular complexity index is 1260. The number of sulfone groups is 1. The molecule has 0 fully saturated rings. The Balaban J connectivity index is 1.72. The van der Waals surface area contributed by atoms with Gasteiger partial charge in [0, 0.05) is 16.5 Å². The lowest BCUT2D eigenvalue weighted by Crippen LogP contribution is -2.14. The van der Waals surface area contributed by atoms with Gasteiger partial charge in [0.25, 0.3) is 5.91 Å². The van der Waals surface area contributed by atoms with Crippen molar-refractivity contribution in [3.8, 4) is 10.4 Å². The minimum atomic E-state index is -3.60. The van der Waals surface area contributed by atoms with Crippen molar-refractivity contribution in [1.29, 1.82) is 0 Å². The number of aromatic nitrogens is 1. The summed E-state index contributed by atoms with van der Waals surface area (Å²) in [6, 6.07) is 18.1. The zero-order chi connectivity index (χ0) is 21.1. The van der Waals surface area contributed by atoms with Crippen molar-refractivity contribution < 1.29 is 13.2 Å². The SMILES string of the molecule is Cc1ccc(S(=O)(=O)Cc2cc(-c3ccccc3)sc2C(=O)Nc2nccs2)cc1. The molecule has 2 heterocycles. The molecule has 0 unspecified atom stereocenters. The fraction of sp³-hybridized carbons (Fsp3) is 0.0909. The van der Waals surface area contributed by atoms with Crippen LogP contribution in [0.5, 0.6) is 0 Å². The van der Waals surface area contributed by atoms with Gasteiger partial charge < -0.3 is 0 Å². The summed E-state index contributed by atoms with van der Waals surface area (Å²) in [6.45, 7) is 1.91. The molecule has 4 aromatic rings. The van der Waals surface area contributed by atoms with Crippen molar-refractivity contribution in [3.05, 3.63) is 88.2 Å². The lowest BCUT2D eigenvalue weighted by atomic mass is 10.1. The first kappa shape index (κ1) is 20.5. The van der Waals surface area contributed by atoms with E-state index in [-0.39, 0.29) is 16.6 Å². The van der Waals surface area contributed by atoms with Crippen LogP contribution in [0.3, 0.4) is 0 Å². The van der Waals surface area contributed by atoms with E-state index in [2.05, 4.69) is 10.3 Å². The molecule has 1 N–H and O–H groups in total. The van der Waals surface area contributed by atoms with Gasteiger partial charge in [-0.2, -0.15) is 0 Å². The van der Waals surface area contributed by atoms with E-state index in [1.54, 1.807) is 41.9 Å². The number of rotatable bonds is 6. The lowest BCUT2D eigenvalue weighted by Gasteiger charge is -2.06. The van der Waals surface area contributed by atoms with E-state index in [9.17, 15) is 13.2 Å². The summed E-state index contributed by atoms with van der Waals surface area (Å²) in [5.74, 6) is -0.605. The van der Waals surface area contributed by atoms with E-state index in [4.69, 9.17) is 0 Å². The highest BCUT2D eigenvalue weighted by Crippen LogP contribution is 2.34. The Morgan fingerprint density at radius 3 is 2.47 bits per heavy atom. The van der Waals surface area contributed by atoms with Crippen LogP contribution in [-0.2, 0) is 15.6 Å². The first-order valence-corrected chi connectivity index (χ1v) is 12.5. The molecule has 0 saturated heterocycles. The quantitative estimate of drug-likeness (QED) is 0.423. The zero-order valence-electron chi connectivity index (χ0n) is 16.0. The standard InChI is InChI=1S/C22H18N2O3S3/c1-15-7-9-18(10-8-15)30(26,27)14-17-13-19(16-5-3-2-4-6-16)29-20(17)21(25)24-22-23-11-12-28-22/h2-13H,14H2,1H3,(H,23,24,25). The van der Waals surface area contributed by atoms with Gasteiger partial charge in [0.05, 0.1) is 15.5 Å². The van der Waals surface area contributed by atoms with Gasteiger partial charge in [-0.05, 0) is 36.2 Å². The number of hydrogen-bond acceptors (Lipinski definition) is 6. The van der Waals surface area contributed by atoms with Gasteiger partial charge in [-0.15, -0.1) is 22.7 Å².